The molecule has 0 aliphatic carbocycles. The molecule has 51 heavy (non-hydrogen) atoms. The van der Waals surface area contributed by atoms with Gasteiger partial charge in [0.25, 0.3) is 0 Å². The maximum absolute atomic E-state index is 14.1. The zero-order valence-electron chi connectivity index (χ0n) is 29.6. The van der Waals surface area contributed by atoms with Crippen molar-refractivity contribution in [1.29, 1.82) is 0 Å². The summed E-state index contributed by atoms with van der Waals surface area (Å²) in [5.41, 5.74) is 7.61. The zero-order valence-corrected chi connectivity index (χ0v) is 30.4. The molecule has 0 aromatic heterocycles. The molecule has 3 rings (SSSR count). The number of amides is 2. The van der Waals surface area contributed by atoms with Crippen molar-refractivity contribution >= 4 is 39.6 Å². The van der Waals surface area contributed by atoms with Crippen molar-refractivity contribution in [2.75, 3.05) is 33.6 Å². The Hall–Kier alpha value is -4.95. The minimum atomic E-state index is -4.18. The van der Waals surface area contributed by atoms with E-state index in [9.17, 15) is 27.6 Å². The van der Waals surface area contributed by atoms with Crippen LogP contribution in [0.1, 0.15) is 56.6 Å². The number of methoxy groups -OCH3 is 3. The summed E-state index contributed by atoms with van der Waals surface area (Å²) in [7, 11) is -0.657. The van der Waals surface area contributed by atoms with Crippen LogP contribution in [0, 0.1) is 5.92 Å². The van der Waals surface area contributed by atoms with Crippen LogP contribution in [0.4, 0.5) is 10.5 Å². The number of hydrogen-bond donors (Lipinski definition) is 3. The van der Waals surface area contributed by atoms with Gasteiger partial charge in [-0.2, -0.15) is 4.31 Å². The molecule has 0 saturated carbocycles. The topological polar surface area (TPSA) is 183 Å². The third-order valence-corrected chi connectivity index (χ3v) is 10.3. The average Bonchev–Trinajstić information content (AvgIpc) is 3.13. The van der Waals surface area contributed by atoms with Crippen LogP contribution in [0.2, 0.25) is 0 Å². The summed E-state index contributed by atoms with van der Waals surface area (Å²) in [5, 5.41) is 5.35. The maximum atomic E-state index is 14.1. The fourth-order valence-corrected chi connectivity index (χ4v) is 7.29. The molecule has 14 heteroatoms. The Morgan fingerprint density at radius 1 is 0.725 bits per heavy atom. The van der Waals surface area contributed by atoms with Crippen LogP contribution in [0.25, 0.3) is 0 Å². The van der Waals surface area contributed by atoms with Crippen molar-refractivity contribution in [3.8, 4) is 0 Å². The van der Waals surface area contributed by atoms with Gasteiger partial charge in [0.1, 0.15) is 18.1 Å². The largest absolute Gasteiger partial charge is 0.468 e. The van der Waals surface area contributed by atoms with Gasteiger partial charge in [-0.1, -0.05) is 74.5 Å². The number of nitrogens with one attached hydrogen (secondary N) is 2. The maximum Gasteiger partial charge on any atom is 0.407 e. The quantitative estimate of drug-likeness (QED) is 0.0975. The highest BCUT2D eigenvalue weighted by atomic mass is 32.2. The Morgan fingerprint density at radius 2 is 1.27 bits per heavy atom. The molecule has 0 saturated heterocycles. The molecule has 0 heterocycles. The summed E-state index contributed by atoms with van der Waals surface area (Å²) >= 11 is 0. The molecule has 13 nitrogen and oxygen atoms in total. The molecule has 276 valence electrons. The predicted octanol–water partition coefficient (Wildman–Crippen LogP) is 4.23. The first-order valence-electron chi connectivity index (χ1n) is 16.6. The number of rotatable bonds is 18. The molecular weight excluding hydrogens is 676 g/mol. The number of esters is 2. The number of carbonyl (C=O) groups excluding carboxylic acids is 4. The van der Waals surface area contributed by atoms with Gasteiger partial charge in [0.2, 0.25) is 15.9 Å². The number of alkyl carbamates (subject to hydrolysis) is 1. The van der Waals surface area contributed by atoms with Crippen molar-refractivity contribution in [3.63, 3.8) is 0 Å². The first-order valence-corrected chi connectivity index (χ1v) is 18.1. The van der Waals surface area contributed by atoms with E-state index in [1.807, 2.05) is 74.5 Å². The summed E-state index contributed by atoms with van der Waals surface area (Å²) in [4.78, 5) is 52.8. The molecule has 0 radical (unpaired) electrons. The fourth-order valence-electron chi connectivity index (χ4n) is 5.67. The van der Waals surface area contributed by atoms with E-state index in [0.29, 0.717) is 12.1 Å². The third-order valence-electron chi connectivity index (χ3n) is 8.40. The molecule has 3 atom stereocenters. The summed E-state index contributed by atoms with van der Waals surface area (Å²) in [6.07, 6.45) is -0.362. The molecule has 3 unspecified atom stereocenters. The summed E-state index contributed by atoms with van der Waals surface area (Å²) in [6.45, 7) is 3.91. The van der Waals surface area contributed by atoms with E-state index in [2.05, 4.69) is 10.6 Å². The number of hydrogen-bond acceptors (Lipinski definition) is 10. The highest BCUT2D eigenvalue weighted by Gasteiger charge is 2.38. The number of anilines is 1. The smallest absolute Gasteiger partial charge is 0.407 e. The lowest BCUT2D eigenvalue weighted by Crippen LogP contribution is -2.54. The van der Waals surface area contributed by atoms with Gasteiger partial charge < -0.3 is 30.6 Å². The number of carbonyl (C=O) groups is 4. The van der Waals surface area contributed by atoms with Gasteiger partial charge in [0.15, 0.2) is 0 Å². The molecule has 0 aliphatic heterocycles. The first kappa shape index (κ1) is 40.5. The van der Waals surface area contributed by atoms with E-state index in [1.165, 1.54) is 45.6 Å². The lowest BCUT2D eigenvalue weighted by atomic mass is 9.84. The molecule has 0 aliphatic rings. The van der Waals surface area contributed by atoms with E-state index in [4.69, 9.17) is 19.9 Å². The van der Waals surface area contributed by atoms with Crippen molar-refractivity contribution in [1.82, 2.24) is 14.9 Å². The van der Waals surface area contributed by atoms with Gasteiger partial charge in [-0.15, -0.1) is 0 Å². The Kier molecular flexibility index (Phi) is 15.4. The Morgan fingerprint density at radius 3 is 1.76 bits per heavy atom. The van der Waals surface area contributed by atoms with Crippen LogP contribution in [0.3, 0.4) is 0 Å². The lowest BCUT2D eigenvalue weighted by Gasteiger charge is -2.31. The molecule has 2 amide bonds. The molecule has 3 aromatic rings. The van der Waals surface area contributed by atoms with E-state index >= 15 is 0 Å². The van der Waals surface area contributed by atoms with Gasteiger partial charge in [-0.05, 0) is 67.0 Å². The molecule has 4 N–H and O–H groups in total. The summed E-state index contributed by atoms with van der Waals surface area (Å²) < 4.78 is 43.8. The van der Waals surface area contributed by atoms with E-state index < -0.39 is 58.0 Å². The van der Waals surface area contributed by atoms with E-state index in [1.54, 1.807) is 0 Å². The van der Waals surface area contributed by atoms with Crippen molar-refractivity contribution in [3.05, 3.63) is 96.1 Å². The lowest BCUT2D eigenvalue weighted by molar-refractivity contribution is -0.146. The van der Waals surface area contributed by atoms with Gasteiger partial charge in [-0.25, -0.2) is 18.0 Å². The van der Waals surface area contributed by atoms with Crippen LogP contribution in [0.5, 0.6) is 0 Å². The Bertz CT molecular complexity index is 1650. The standard InChI is InChI=1S/C37H48N4O9S/c1-25(2)23-24-41(51(46,47)29-21-19-28(38)20-22-29)31(36(44)49-4)18-12-17-30(35(43)48-3)39-34(42)33(40-37(45)50-5)32(26-13-8-6-9-14-26)27-15-10-7-11-16-27/h6-11,13-16,19-22,25,30-33H,12,17-18,23-24,38H2,1-5H3,(H,39,42)(H,40,45). The normalized spacial score (nSPS) is 13.3. The highest BCUT2D eigenvalue weighted by Crippen LogP contribution is 2.29. The number of nitrogens with two attached hydrogens (primary N) is 1. The van der Waals surface area contributed by atoms with Crippen LogP contribution in [0.15, 0.2) is 89.8 Å². The summed E-state index contributed by atoms with van der Waals surface area (Å²) in [6, 6.07) is 20.2. The van der Waals surface area contributed by atoms with Gasteiger partial charge in [0.05, 0.1) is 26.2 Å². The second-order valence-corrected chi connectivity index (χ2v) is 14.2. The SMILES string of the molecule is COC(=O)NC(C(=O)NC(CCCC(C(=O)OC)N(CCC(C)C)S(=O)(=O)c1ccc(N)cc1)C(=O)OC)C(c1ccccc1)c1ccccc1. The summed E-state index contributed by atoms with van der Waals surface area (Å²) in [5.74, 6) is -2.79. The molecule has 0 bridgehead atoms. The Labute approximate surface area is 299 Å². The van der Waals surface area contributed by atoms with Gasteiger partial charge in [-0.3, -0.25) is 9.59 Å². The molecule has 0 spiro atoms. The molecular formula is C37H48N4O9S. The average molecular weight is 725 g/mol. The fraction of sp³-hybridized carbons (Fsp3) is 0.405. The third kappa shape index (κ3) is 11.3. The van der Waals surface area contributed by atoms with E-state index in [0.717, 1.165) is 15.4 Å². The monoisotopic (exact) mass is 724 g/mol. The van der Waals surface area contributed by atoms with Gasteiger partial charge >= 0.3 is 18.0 Å². The number of ether oxygens (including phenoxy) is 3. The predicted molar refractivity (Wildman–Crippen MR) is 192 cm³/mol. The Balaban J connectivity index is 1.92. The van der Waals surface area contributed by atoms with Crippen molar-refractivity contribution < 1.29 is 41.8 Å². The van der Waals surface area contributed by atoms with Gasteiger partial charge in [0, 0.05) is 18.2 Å². The van der Waals surface area contributed by atoms with Crippen LogP contribution >= 0.6 is 0 Å². The van der Waals surface area contributed by atoms with Crippen LogP contribution < -0.4 is 16.4 Å². The second-order valence-electron chi connectivity index (χ2n) is 12.3. The number of benzene rings is 3. The highest BCUT2D eigenvalue weighted by molar-refractivity contribution is 7.89. The first-order chi connectivity index (χ1) is 24.3. The van der Waals surface area contributed by atoms with Crippen LogP contribution in [-0.2, 0) is 38.6 Å². The zero-order chi connectivity index (χ0) is 37.6. The van der Waals surface area contributed by atoms with Crippen LogP contribution in [-0.4, -0.2) is 82.7 Å². The number of nitrogens with zero attached hydrogens (tertiary/aromatic N) is 1. The number of sulfonamides is 1. The van der Waals surface area contributed by atoms with Crippen molar-refractivity contribution in [2.45, 2.75) is 68.5 Å². The molecule has 0 fully saturated rings. The van der Waals surface area contributed by atoms with E-state index in [-0.39, 0.29) is 36.6 Å². The minimum absolute atomic E-state index is 0.0296. The number of nitrogen functional groups attached to an aromatic ring is 1. The minimum Gasteiger partial charge on any atom is -0.468 e. The molecule has 3 aromatic carbocycles. The van der Waals surface area contributed by atoms with Crippen molar-refractivity contribution in [2.24, 2.45) is 5.92 Å². The second kappa shape index (κ2) is 19.4.